The van der Waals surface area contributed by atoms with E-state index in [1.807, 2.05) is 0 Å². The summed E-state index contributed by atoms with van der Waals surface area (Å²) >= 11 is 0. The number of carbonyl (C=O) groups excluding carboxylic acids is 3. The van der Waals surface area contributed by atoms with Crippen LogP contribution in [-0.2, 0) is 4.74 Å². The largest absolute Gasteiger partial charge is 0.507 e. The second-order valence-electron chi connectivity index (χ2n) is 5.87. The number of aromatic carboxylic acids is 1. The van der Waals surface area contributed by atoms with Crippen LogP contribution in [0.3, 0.4) is 0 Å². The number of rotatable bonds is 5. The van der Waals surface area contributed by atoms with Crippen LogP contribution in [-0.4, -0.2) is 34.0 Å². The topological polar surface area (TPSA) is 169 Å². The third-order valence-electron chi connectivity index (χ3n) is 4.10. The van der Waals surface area contributed by atoms with Crippen molar-refractivity contribution in [3.8, 4) is 16.9 Å². The van der Waals surface area contributed by atoms with Crippen LogP contribution >= 0.6 is 0 Å². The lowest BCUT2D eigenvalue weighted by atomic mass is 9.99. The summed E-state index contributed by atoms with van der Waals surface area (Å²) in [5.74, 6) is -1.36. The number of furan rings is 1. The number of aromatic hydroxyl groups is 1. The molecule has 152 valence electrons. The number of carbonyl (C=O) groups is 4. The monoisotopic (exact) mass is 410 g/mol. The Morgan fingerprint density at radius 1 is 0.933 bits per heavy atom. The van der Waals surface area contributed by atoms with Crippen LogP contribution in [0.15, 0.2) is 59.2 Å². The molecule has 0 spiro atoms. The van der Waals surface area contributed by atoms with E-state index in [1.54, 1.807) is 35.8 Å². The molecule has 1 heterocycles. The van der Waals surface area contributed by atoms with Crippen LogP contribution in [0.1, 0.15) is 41.6 Å². The minimum atomic E-state index is -1.69. The van der Waals surface area contributed by atoms with Gasteiger partial charge in [-0.3, -0.25) is 10.2 Å². The average molecular weight is 410 g/mol. The van der Waals surface area contributed by atoms with Gasteiger partial charge in [0.15, 0.2) is 0 Å². The van der Waals surface area contributed by atoms with E-state index in [1.165, 1.54) is 12.3 Å². The third-order valence-corrected chi connectivity index (χ3v) is 4.10. The summed E-state index contributed by atoms with van der Waals surface area (Å²) in [6, 6.07) is 12.0. The minimum absolute atomic E-state index is 0.267. The molecule has 0 radical (unpaired) electrons. The molecule has 2 aromatic carbocycles. The number of benzene rings is 2. The molecular weight excluding hydrogens is 396 g/mol. The quantitative estimate of drug-likeness (QED) is 0.161. The molecule has 10 nitrogen and oxygen atoms in total. The number of ether oxygens (including phenoxy) is 1. The zero-order valence-corrected chi connectivity index (χ0v) is 15.1. The number of hydrazine groups is 1. The van der Waals surface area contributed by atoms with Gasteiger partial charge in [-0.2, -0.15) is 0 Å². The van der Waals surface area contributed by atoms with Crippen molar-refractivity contribution in [2.75, 3.05) is 0 Å². The standard InChI is InChI=1S/C20H14N2O8/c21-22-17(24)14-12(6-7-13(23)15(14)18(25)26)19(27)30-20(28)16-11(8-9-29-16)10-4-2-1-3-5-10/h1-9,23H,21H2,(H,22,24)(H,25,26). The van der Waals surface area contributed by atoms with Crippen LogP contribution in [0.25, 0.3) is 11.1 Å². The highest BCUT2D eigenvalue weighted by Crippen LogP contribution is 2.28. The molecule has 1 amide bonds. The zero-order valence-electron chi connectivity index (χ0n) is 15.1. The number of hydrogen-bond acceptors (Lipinski definition) is 8. The van der Waals surface area contributed by atoms with Crippen LogP contribution in [0.2, 0.25) is 0 Å². The fourth-order valence-corrected chi connectivity index (χ4v) is 2.78. The first-order chi connectivity index (χ1) is 14.3. The molecule has 3 rings (SSSR count). The molecule has 0 aliphatic heterocycles. The Labute approximate surface area is 168 Å². The van der Waals surface area contributed by atoms with Gasteiger partial charge in [0.2, 0.25) is 5.76 Å². The maximum Gasteiger partial charge on any atom is 0.382 e. The number of phenols is 1. The molecule has 0 fully saturated rings. The molecule has 0 atom stereocenters. The molecule has 0 saturated carbocycles. The number of amides is 1. The number of carboxylic acid groups (broad SMARTS) is 1. The van der Waals surface area contributed by atoms with Gasteiger partial charge in [-0.15, -0.1) is 0 Å². The van der Waals surface area contributed by atoms with E-state index < -0.39 is 46.3 Å². The molecular formula is C20H14N2O8. The van der Waals surface area contributed by atoms with Crippen molar-refractivity contribution < 1.29 is 38.5 Å². The summed E-state index contributed by atoms with van der Waals surface area (Å²) in [6.07, 6.45) is 1.24. The van der Waals surface area contributed by atoms with Gasteiger partial charge in [-0.05, 0) is 23.8 Å². The molecule has 0 unspecified atom stereocenters. The fraction of sp³-hybridized carbons (Fsp3) is 0. The van der Waals surface area contributed by atoms with Crippen molar-refractivity contribution >= 4 is 23.8 Å². The molecule has 3 aromatic rings. The lowest BCUT2D eigenvalue weighted by molar-refractivity contribution is 0.0374. The lowest BCUT2D eigenvalue weighted by Crippen LogP contribution is -2.33. The summed E-state index contributed by atoms with van der Waals surface area (Å²) in [5.41, 5.74) is 0.463. The van der Waals surface area contributed by atoms with E-state index in [0.29, 0.717) is 11.1 Å². The lowest BCUT2D eigenvalue weighted by Gasteiger charge is -2.11. The van der Waals surface area contributed by atoms with Crippen molar-refractivity contribution in [2.45, 2.75) is 0 Å². The van der Waals surface area contributed by atoms with Gasteiger partial charge < -0.3 is 19.4 Å². The summed E-state index contributed by atoms with van der Waals surface area (Å²) in [5, 5.41) is 19.0. The Hall–Kier alpha value is -4.44. The van der Waals surface area contributed by atoms with Gasteiger partial charge in [0, 0.05) is 5.56 Å². The van der Waals surface area contributed by atoms with Gasteiger partial charge >= 0.3 is 17.9 Å². The fourth-order valence-electron chi connectivity index (χ4n) is 2.78. The zero-order chi connectivity index (χ0) is 21.8. The Morgan fingerprint density at radius 3 is 2.27 bits per heavy atom. The van der Waals surface area contributed by atoms with Gasteiger partial charge in [0.1, 0.15) is 11.3 Å². The van der Waals surface area contributed by atoms with E-state index in [-0.39, 0.29) is 5.76 Å². The van der Waals surface area contributed by atoms with Crippen molar-refractivity contribution in [3.63, 3.8) is 0 Å². The Balaban J connectivity index is 1.97. The third kappa shape index (κ3) is 3.75. The number of nitrogens with two attached hydrogens (primary N) is 1. The van der Waals surface area contributed by atoms with Crippen molar-refractivity contribution in [2.24, 2.45) is 5.84 Å². The minimum Gasteiger partial charge on any atom is -0.507 e. The van der Waals surface area contributed by atoms with Crippen molar-refractivity contribution in [3.05, 3.63) is 77.2 Å². The van der Waals surface area contributed by atoms with E-state index >= 15 is 0 Å². The molecule has 10 heteroatoms. The molecule has 0 bridgehead atoms. The Kier molecular flexibility index (Phi) is 5.61. The molecule has 5 N–H and O–H groups in total. The van der Waals surface area contributed by atoms with Gasteiger partial charge in [0.05, 0.1) is 17.4 Å². The summed E-state index contributed by atoms with van der Waals surface area (Å²) in [6.45, 7) is 0. The van der Waals surface area contributed by atoms with Crippen LogP contribution in [0.5, 0.6) is 5.75 Å². The van der Waals surface area contributed by atoms with E-state index in [2.05, 4.69) is 0 Å². The number of esters is 2. The highest BCUT2D eigenvalue weighted by atomic mass is 16.6. The molecule has 0 saturated heterocycles. The average Bonchev–Trinajstić information content (AvgIpc) is 3.23. The number of nitrogens with one attached hydrogen (secondary N) is 1. The number of hydrogen-bond donors (Lipinski definition) is 4. The summed E-state index contributed by atoms with van der Waals surface area (Å²) in [7, 11) is 0. The summed E-state index contributed by atoms with van der Waals surface area (Å²) in [4.78, 5) is 48.5. The van der Waals surface area contributed by atoms with E-state index in [0.717, 1.165) is 12.1 Å². The van der Waals surface area contributed by atoms with Crippen molar-refractivity contribution in [1.29, 1.82) is 0 Å². The molecule has 0 aliphatic carbocycles. The van der Waals surface area contributed by atoms with Crippen LogP contribution in [0.4, 0.5) is 0 Å². The number of carboxylic acids is 1. The van der Waals surface area contributed by atoms with Crippen molar-refractivity contribution in [1.82, 2.24) is 5.43 Å². The highest BCUT2D eigenvalue weighted by molar-refractivity contribution is 6.14. The maximum absolute atomic E-state index is 12.5. The summed E-state index contributed by atoms with van der Waals surface area (Å²) < 4.78 is 9.92. The molecule has 30 heavy (non-hydrogen) atoms. The predicted molar refractivity (Wildman–Crippen MR) is 101 cm³/mol. The SMILES string of the molecule is NNC(=O)c1c(C(=O)OC(=O)c2occc2-c2ccccc2)ccc(O)c1C(=O)O. The van der Waals surface area contributed by atoms with E-state index in [9.17, 15) is 29.4 Å². The number of nitrogen functional groups attached to an aromatic ring is 1. The van der Waals surface area contributed by atoms with E-state index in [4.69, 9.17) is 15.0 Å². The Bertz CT molecular complexity index is 1150. The van der Waals surface area contributed by atoms with Crippen LogP contribution in [0, 0.1) is 0 Å². The molecule has 0 aliphatic rings. The first-order valence-corrected chi connectivity index (χ1v) is 8.34. The first-order valence-electron chi connectivity index (χ1n) is 8.34. The predicted octanol–water partition coefficient (Wildman–Crippen LogP) is 1.95. The second kappa shape index (κ2) is 8.29. The Morgan fingerprint density at radius 2 is 1.63 bits per heavy atom. The van der Waals surface area contributed by atoms with Crippen LogP contribution < -0.4 is 11.3 Å². The van der Waals surface area contributed by atoms with Gasteiger partial charge in [-0.1, -0.05) is 30.3 Å². The smallest absolute Gasteiger partial charge is 0.382 e. The second-order valence-corrected chi connectivity index (χ2v) is 5.87. The molecule has 1 aromatic heterocycles. The maximum atomic E-state index is 12.5. The van der Waals surface area contributed by atoms with Gasteiger partial charge in [0.25, 0.3) is 5.91 Å². The van der Waals surface area contributed by atoms with Gasteiger partial charge in [-0.25, -0.2) is 20.2 Å². The normalized spacial score (nSPS) is 10.3. The highest BCUT2D eigenvalue weighted by Gasteiger charge is 2.30. The first kappa shape index (κ1) is 20.3.